The number of phenols is 1. The summed E-state index contributed by atoms with van der Waals surface area (Å²) >= 11 is 0. The molecule has 1 atom stereocenters. The second kappa shape index (κ2) is 5.18. The van der Waals surface area contributed by atoms with Gasteiger partial charge in [-0.3, -0.25) is 4.79 Å². The van der Waals surface area contributed by atoms with Gasteiger partial charge in [0.05, 0.1) is 0 Å². The van der Waals surface area contributed by atoms with Crippen LogP contribution in [0.4, 0.5) is 0 Å². The van der Waals surface area contributed by atoms with Crippen LogP contribution in [0.3, 0.4) is 0 Å². The van der Waals surface area contributed by atoms with Crippen LogP contribution in [-0.4, -0.2) is 30.9 Å². The van der Waals surface area contributed by atoms with Gasteiger partial charge in [0.15, 0.2) is 9.84 Å². The first-order valence-corrected chi connectivity index (χ1v) is 7.00. The average Bonchev–Trinajstić information content (AvgIpc) is 2.25. The summed E-state index contributed by atoms with van der Waals surface area (Å²) in [5, 5.41) is 10.5. The molecule has 1 aromatic rings. The summed E-state index contributed by atoms with van der Waals surface area (Å²) < 4.78 is 22.3. The molecular formula is C11H15NO4S. The van der Waals surface area contributed by atoms with Gasteiger partial charge >= 0.3 is 0 Å². The fraction of sp³-hybridized carbons (Fsp3) is 0.364. The Bertz CT molecular complexity index is 493. The Balaban J connectivity index is 2.57. The lowest BCUT2D eigenvalue weighted by Crippen LogP contribution is -2.36. The van der Waals surface area contributed by atoms with Crippen molar-refractivity contribution in [1.82, 2.24) is 5.32 Å². The number of carbonyl (C=O) groups excluding carboxylic acids is 1. The molecule has 6 heteroatoms. The third-order valence-electron chi connectivity index (χ3n) is 2.41. The Labute approximate surface area is 100 Å². The number of aromatic hydroxyl groups is 1. The average molecular weight is 257 g/mol. The maximum absolute atomic E-state index is 11.5. The van der Waals surface area contributed by atoms with Crippen molar-refractivity contribution < 1.29 is 18.3 Å². The summed E-state index contributed by atoms with van der Waals surface area (Å²) in [6.07, 6.45) is 1.03. The molecule has 0 spiro atoms. The van der Waals surface area contributed by atoms with E-state index in [1.54, 1.807) is 12.1 Å². The normalized spacial score (nSPS) is 13.1. The number of amides is 1. The van der Waals surface area contributed by atoms with Crippen molar-refractivity contribution in [3.63, 3.8) is 0 Å². The molecule has 0 fully saturated rings. The van der Waals surface area contributed by atoms with E-state index in [0.29, 0.717) is 0 Å². The van der Waals surface area contributed by atoms with Crippen LogP contribution in [0.15, 0.2) is 24.3 Å². The van der Waals surface area contributed by atoms with Crippen molar-refractivity contribution in [3.8, 4) is 5.75 Å². The molecule has 0 aliphatic carbocycles. The molecule has 0 aliphatic rings. The topological polar surface area (TPSA) is 83.5 Å². The monoisotopic (exact) mass is 257 g/mol. The Morgan fingerprint density at radius 2 is 1.88 bits per heavy atom. The second-order valence-corrected chi connectivity index (χ2v) is 6.22. The fourth-order valence-corrected chi connectivity index (χ4v) is 1.61. The van der Waals surface area contributed by atoms with E-state index in [1.807, 2.05) is 0 Å². The van der Waals surface area contributed by atoms with Gasteiger partial charge in [0.2, 0.25) is 5.91 Å². The molecule has 5 nitrogen and oxygen atoms in total. The molecule has 0 aromatic heterocycles. The number of sulfone groups is 1. The molecule has 0 saturated carbocycles. The SMILES string of the molecule is CC(C(=O)NCc1ccc(O)cc1)S(C)(=O)=O. The van der Waals surface area contributed by atoms with Crippen molar-refractivity contribution in [2.24, 2.45) is 0 Å². The molecule has 0 radical (unpaired) electrons. The van der Waals surface area contributed by atoms with Gasteiger partial charge < -0.3 is 10.4 Å². The Kier molecular flexibility index (Phi) is 4.11. The lowest BCUT2D eigenvalue weighted by Gasteiger charge is -2.10. The van der Waals surface area contributed by atoms with E-state index < -0.39 is 21.0 Å². The molecule has 94 valence electrons. The number of carbonyl (C=O) groups is 1. The fourth-order valence-electron chi connectivity index (χ4n) is 1.14. The smallest absolute Gasteiger partial charge is 0.238 e. The highest BCUT2D eigenvalue weighted by molar-refractivity contribution is 7.92. The molecular weight excluding hydrogens is 242 g/mol. The number of phenolic OH excluding ortho intramolecular Hbond substituents is 1. The van der Waals surface area contributed by atoms with Gasteiger partial charge in [0.25, 0.3) is 0 Å². The molecule has 2 N–H and O–H groups in total. The van der Waals surface area contributed by atoms with Crippen molar-refractivity contribution in [3.05, 3.63) is 29.8 Å². The van der Waals surface area contributed by atoms with Crippen molar-refractivity contribution in [1.29, 1.82) is 0 Å². The summed E-state index contributed by atoms with van der Waals surface area (Å²) in [5.41, 5.74) is 0.789. The maximum Gasteiger partial charge on any atom is 0.238 e. The van der Waals surface area contributed by atoms with Crippen molar-refractivity contribution >= 4 is 15.7 Å². The van der Waals surface area contributed by atoms with Gasteiger partial charge in [0, 0.05) is 12.8 Å². The van der Waals surface area contributed by atoms with Crippen LogP contribution < -0.4 is 5.32 Å². The lowest BCUT2D eigenvalue weighted by molar-refractivity contribution is -0.120. The Morgan fingerprint density at radius 3 is 2.35 bits per heavy atom. The number of hydrogen-bond donors (Lipinski definition) is 2. The zero-order valence-electron chi connectivity index (χ0n) is 9.67. The summed E-state index contributed by atoms with van der Waals surface area (Å²) in [6.45, 7) is 1.58. The number of benzene rings is 1. The van der Waals surface area contributed by atoms with E-state index in [-0.39, 0.29) is 12.3 Å². The minimum Gasteiger partial charge on any atom is -0.508 e. The van der Waals surface area contributed by atoms with Crippen LogP contribution in [0.2, 0.25) is 0 Å². The van der Waals surface area contributed by atoms with E-state index in [0.717, 1.165) is 11.8 Å². The van der Waals surface area contributed by atoms with Gasteiger partial charge in [-0.15, -0.1) is 0 Å². The molecule has 17 heavy (non-hydrogen) atoms. The third-order valence-corrected chi connectivity index (χ3v) is 3.91. The highest BCUT2D eigenvalue weighted by atomic mass is 32.2. The predicted molar refractivity (Wildman–Crippen MR) is 64.3 cm³/mol. The summed E-state index contributed by atoms with van der Waals surface area (Å²) in [6, 6.07) is 6.31. The third kappa shape index (κ3) is 4.07. The molecule has 0 saturated heterocycles. The van der Waals surface area contributed by atoms with Gasteiger partial charge in [0.1, 0.15) is 11.0 Å². The first-order chi connectivity index (χ1) is 7.80. The number of hydrogen-bond acceptors (Lipinski definition) is 4. The maximum atomic E-state index is 11.5. The van der Waals surface area contributed by atoms with E-state index in [9.17, 15) is 13.2 Å². The van der Waals surface area contributed by atoms with Gasteiger partial charge in [-0.05, 0) is 24.6 Å². The summed E-state index contributed by atoms with van der Waals surface area (Å²) in [5.74, 6) is -0.384. The predicted octanol–water partition coefficient (Wildman–Crippen LogP) is 0.441. The highest BCUT2D eigenvalue weighted by Gasteiger charge is 2.22. The minimum absolute atomic E-state index is 0.143. The Hall–Kier alpha value is -1.56. The highest BCUT2D eigenvalue weighted by Crippen LogP contribution is 2.09. The summed E-state index contributed by atoms with van der Waals surface area (Å²) in [7, 11) is -3.37. The van der Waals surface area contributed by atoms with E-state index in [2.05, 4.69) is 5.32 Å². The van der Waals surface area contributed by atoms with Crippen molar-refractivity contribution in [2.75, 3.05) is 6.26 Å². The van der Waals surface area contributed by atoms with Crippen LogP contribution in [0.1, 0.15) is 12.5 Å². The Morgan fingerprint density at radius 1 is 1.35 bits per heavy atom. The zero-order chi connectivity index (χ0) is 13.1. The van der Waals surface area contributed by atoms with Crippen LogP contribution in [-0.2, 0) is 21.2 Å². The molecule has 0 heterocycles. The molecule has 1 rings (SSSR count). The molecule has 0 bridgehead atoms. The van der Waals surface area contributed by atoms with E-state index >= 15 is 0 Å². The van der Waals surface area contributed by atoms with E-state index in [4.69, 9.17) is 5.11 Å². The standard InChI is InChI=1S/C11H15NO4S/c1-8(17(2,15)16)11(14)12-7-9-3-5-10(13)6-4-9/h3-6,8,13H,7H2,1-2H3,(H,12,14). The first-order valence-electron chi connectivity index (χ1n) is 5.05. The quantitative estimate of drug-likeness (QED) is 0.820. The lowest BCUT2D eigenvalue weighted by atomic mass is 10.2. The van der Waals surface area contributed by atoms with Gasteiger partial charge in [-0.25, -0.2) is 8.42 Å². The molecule has 0 aliphatic heterocycles. The second-order valence-electron chi connectivity index (χ2n) is 3.86. The van der Waals surface area contributed by atoms with Gasteiger partial charge in [-0.1, -0.05) is 12.1 Å². The first kappa shape index (κ1) is 13.5. The van der Waals surface area contributed by atoms with Crippen molar-refractivity contribution in [2.45, 2.75) is 18.7 Å². The summed E-state index contributed by atoms with van der Waals surface area (Å²) in [4.78, 5) is 11.5. The van der Waals surface area contributed by atoms with E-state index in [1.165, 1.54) is 19.1 Å². The molecule has 1 aromatic carbocycles. The zero-order valence-corrected chi connectivity index (χ0v) is 10.5. The van der Waals surface area contributed by atoms with Crippen LogP contribution in [0, 0.1) is 0 Å². The molecule has 1 unspecified atom stereocenters. The minimum atomic E-state index is -3.37. The number of rotatable bonds is 4. The molecule has 1 amide bonds. The largest absolute Gasteiger partial charge is 0.508 e. The van der Waals surface area contributed by atoms with Crippen LogP contribution in [0.25, 0.3) is 0 Å². The van der Waals surface area contributed by atoms with Gasteiger partial charge in [-0.2, -0.15) is 0 Å². The van der Waals surface area contributed by atoms with Crippen LogP contribution in [0.5, 0.6) is 5.75 Å². The number of nitrogens with one attached hydrogen (secondary N) is 1. The van der Waals surface area contributed by atoms with Crippen LogP contribution >= 0.6 is 0 Å².